The predicted octanol–water partition coefficient (Wildman–Crippen LogP) is 0.0116. The lowest BCUT2D eigenvalue weighted by atomic mass is 10.6. The lowest BCUT2D eigenvalue weighted by molar-refractivity contribution is -0.333. The molecule has 5 heteroatoms. The zero-order valence-corrected chi connectivity index (χ0v) is 5.86. The number of hydrogen-bond donors (Lipinski definition) is 1. The summed E-state index contributed by atoms with van der Waals surface area (Å²) in [7, 11) is 1.22. The number of methoxy groups -OCH3 is 1. The van der Waals surface area contributed by atoms with E-state index in [1.807, 2.05) is 0 Å². The quantitative estimate of drug-likeness (QED) is 0.265. The predicted molar refractivity (Wildman–Crippen MR) is 31.1 cm³/mol. The summed E-state index contributed by atoms with van der Waals surface area (Å²) in [5.74, 6) is -0.743. The first-order valence-electron chi connectivity index (χ1n) is 2.75. The Balaban J connectivity index is 3.65. The van der Waals surface area contributed by atoms with Crippen LogP contribution in [0, 0.1) is 0 Å². The molecule has 60 valence electrons. The van der Waals surface area contributed by atoms with Crippen molar-refractivity contribution in [3.05, 3.63) is 0 Å². The minimum absolute atomic E-state index is 0.224. The third-order valence-corrected chi connectivity index (χ3v) is 0.789. The molecule has 5 nitrogen and oxygen atoms in total. The highest BCUT2D eigenvalue weighted by Crippen LogP contribution is 1.93. The Hall–Kier alpha value is -0.650. The highest BCUT2D eigenvalue weighted by atomic mass is 17.1. The van der Waals surface area contributed by atoms with Crippen molar-refractivity contribution in [3.63, 3.8) is 0 Å². The van der Waals surface area contributed by atoms with Crippen LogP contribution in [0.3, 0.4) is 0 Å². The van der Waals surface area contributed by atoms with Gasteiger partial charge in [-0.3, -0.25) is 0 Å². The summed E-state index contributed by atoms with van der Waals surface area (Å²) >= 11 is 0. The van der Waals surface area contributed by atoms with Crippen molar-refractivity contribution in [1.29, 1.82) is 0 Å². The molecule has 0 aliphatic rings. The molecule has 0 saturated carbocycles. The minimum atomic E-state index is -1.33. The summed E-state index contributed by atoms with van der Waals surface area (Å²) in [5, 5.41) is 8.00. The van der Waals surface area contributed by atoms with Gasteiger partial charge in [0, 0.05) is 7.11 Å². The van der Waals surface area contributed by atoms with Crippen LogP contribution in [0.2, 0.25) is 0 Å². The monoisotopic (exact) mass is 150 g/mol. The molecule has 0 fully saturated rings. The number of hydrogen-bond acceptors (Lipinski definition) is 5. The van der Waals surface area contributed by atoms with Crippen molar-refractivity contribution in [2.24, 2.45) is 0 Å². The van der Waals surface area contributed by atoms with Gasteiger partial charge in [-0.2, -0.15) is 4.89 Å². The molecule has 0 saturated heterocycles. The SMILES string of the molecule is CCOC(=O)C(OC)OO. The van der Waals surface area contributed by atoms with Gasteiger partial charge in [0.1, 0.15) is 0 Å². The number of carbonyl (C=O) groups is 1. The van der Waals surface area contributed by atoms with E-state index in [1.54, 1.807) is 6.92 Å². The van der Waals surface area contributed by atoms with Crippen LogP contribution in [0.25, 0.3) is 0 Å². The van der Waals surface area contributed by atoms with Crippen molar-refractivity contribution in [3.8, 4) is 0 Å². The van der Waals surface area contributed by atoms with Crippen LogP contribution in [-0.4, -0.2) is 31.2 Å². The third kappa shape index (κ3) is 2.77. The van der Waals surface area contributed by atoms with Crippen molar-refractivity contribution in [1.82, 2.24) is 0 Å². The van der Waals surface area contributed by atoms with E-state index in [0.29, 0.717) is 0 Å². The maximum Gasteiger partial charge on any atom is 0.366 e. The van der Waals surface area contributed by atoms with Crippen molar-refractivity contribution >= 4 is 5.97 Å². The van der Waals surface area contributed by atoms with Gasteiger partial charge in [0.2, 0.25) is 0 Å². The molecule has 1 unspecified atom stereocenters. The topological polar surface area (TPSA) is 65.0 Å². The second-order valence-corrected chi connectivity index (χ2v) is 1.43. The fourth-order valence-electron chi connectivity index (χ4n) is 0.393. The van der Waals surface area contributed by atoms with E-state index in [2.05, 4.69) is 14.4 Å². The van der Waals surface area contributed by atoms with Crippen LogP contribution in [0.4, 0.5) is 0 Å². The molecule has 0 aliphatic heterocycles. The van der Waals surface area contributed by atoms with Crippen molar-refractivity contribution in [2.45, 2.75) is 13.2 Å². The Kier molecular flexibility index (Phi) is 4.82. The van der Waals surface area contributed by atoms with E-state index in [1.165, 1.54) is 7.11 Å². The Morgan fingerprint density at radius 3 is 2.60 bits per heavy atom. The molecule has 0 rings (SSSR count). The smallest absolute Gasteiger partial charge is 0.366 e. The van der Waals surface area contributed by atoms with E-state index in [9.17, 15) is 4.79 Å². The molecular weight excluding hydrogens is 140 g/mol. The zero-order valence-electron chi connectivity index (χ0n) is 5.86. The Morgan fingerprint density at radius 1 is 1.70 bits per heavy atom. The summed E-state index contributed by atoms with van der Waals surface area (Å²) in [4.78, 5) is 14.2. The van der Waals surface area contributed by atoms with Crippen LogP contribution in [0.15, 0.2) is 0 Å². The molecule has 0 aromatic heterocycles. The standard InChI is InChI=1S/C5H10O5/c1-3-9-4(6)5(8-2)10-7/h5,7H,3H2,1-2H3. The largest absolute Gasteiger partial charge is 0.462 e. The van der Waals surface area contributed by atoms with Crippen LogP contribution in [0.5, 0.6) is 0 Å². The minimum Gasteiger partial charge on any atom is -0.462 e. The Bertz CT molecular complexity index is 98.2. The molecule has 10 heavy (non-hydrogen) atoms. The molecule has 1 atom stereocenters. The molecule has 1 N–H and O–H groups in total. The van der Waals surface area contributed by atoms with Gasteiger partial charge in [0.05, 0.1) is 6.61 Å². The zero-order chi connectivity index (χ0) is 7.98. The number of esters is 1. The molecule has 0 heterocycles. The van der Waals surface area contributed by atoms with Crippen molar-refractivity contribution < 1.29 is 24.4 Å². The second kappa shape index (κ2) is 5.16. The molecule has 0 radical (unpaired) electrons. The molecule has 0 amide bonds. The Morgan fingerprint density at radius 2 is 2.30 bits per heavy atom. The van der Waals surface area contributed by atoms with Crippen LogP contribution < -0.4 is 0 Å². The third-order valence-electron chi connectivity index (χ3n) is 0.789. The van der Waals surface area contributed by atoms with Crippen LogP contribution >= 0.6 is 0 Å². The summed E-state index contributed by atoms with van der Waals surface area (Å²) in [6, 6.07) is 0. The van der Waals surface area contributed by atoms with E-state index in [-0.39, 0.29) is 6.61 Å². The molecule has 0 aromatic carbocycles. The fourth-order valence-corrected chi connectivity index (χ4v) is 0.393. The average molecular weight is 150 g/mol. The van der Waals surface area contributed by atoms with E-state index in [4.69, 9.17) is 5.26 Å². The van der Waals surface area contributed by atoms with Gasteiger partial charge < -0.3 is 9.47 Å². The first kappa shape index (κ1) is 9.35. The molecule has 0 bridgehead atoms. The van der Waals surface area contributed by atoms with Gasteiger partial charge in [-0.05, 0) is 6.92 Å². The Labute approximate surface area is 58.4 Å². The van der Waals surface area contributed by atoms with Gasteiger partial charge in [-0.25, -0.2) is 10.1 Å². The van der Waals surface area contributed by atoms with E-state index < -0.39 is 12.3 Å². The van der Waals surface area contributed by atoms with Gasteiger partial charge in [-0.1, -0.05) is 0 Å². The fraction of sp³-hybridized carbons (Fsp3) is 0.800. The second-order valence-electron chi connectivity index (χ2n) is 1.43. The van der Waals surface area contributed by atoms with Gasteiger partial charge in [-0.15, -0.1) is 0 Å². The van der Waals surface area contributed by atoms with Crippen LogP contribution in [0.1, 0.15) is 6.92 Å². The van der Waals surface area contributed by atoms with E-state index in [0.717, 1.165) is 0 Å². The molecule has 0 aromatic rings. The average Bonchev–Trinajstić information content (AvgIpc) is 1.91. The molecule has 0 aliphatic carbocycles. The number of rotatable bonds is 4. The number of ether oxygens (including phenoxy) is 2. The molecular formula is C5H10O5. The maximum atomic E-state index is 10.6. The van der Waals surface area contributed by atoms with Gasteiger partial charge in [0.15, 0.2) is 0 Å². The summed E-state index contributed by atoms with van der Waals surface area (Å²) in [6.07, 6.45) is -1.33. The lowest BCUT2D eigenvalue weighted by Crippen LogP contribution is -2.27. The number of carbonyl (C=O) groups excluding carboxylic acids is 1. The maximum absolute atomic E-state index is 10.6. The highest BCUT2D eigenvalue weighted by molar-refractivity contribution is 5.72. The normalized spacial score (nSPS) is 12.7. The summed E-state index contributed by atoms with van der Waals surface area (Å²) in [5.41, 5.74) is 0. The first-order valence-corrected chi connectivity index (χ1v) is 2.75. The van der Waals surface area contributed by atoms with Gasteiger partial charge in [0.25, 0.3) is 6.29 Å². The summed E-state index contributed by atoms with van der Waals surface area (Å²) in [6.45, 7) is 1.87. The van der Waals surface area contributed by atoms with Crippen molar-refractivity contribution in [2.75, 3.05) is 13.7 Å². The highest BCUT2D eigenvalue weighted by Gasteiger charge is 2.18. The van der Waals surface area contributed by atoms with Gasteiger partial charge >= 0.3 is 5.97 Å². The molecule has 0 spiro atoms. The van der Waals surface area contributed by atoms with Crippen LogP contribution in [-0.2, 0) is 19.2 Å². The summed E-state index contributed by atoms with van der Waals surface area (Å²) < 4.78 is 8.80. The lowest BCUT2D eigenvalue weighted by Gasteiger charge is -2.08. The van der Waals surface area contributed by atoms with E-state index >= 15 is 0 Å². The first-order chi connectivity index (χ1) is 4.76.